The van der Waals surface area contributed by atoms with E-state index in [0.29, 0.717) is 29.6 Å². The minimum atomic E-state index is 0.0111. The van der Waals surface area contributed by atoms with E-state index < -0.39 is 0 Å². The molecule has 2 nitrogen and oxygen atoms in total. The maximum Gasteiger partial charge on any atom is 0.251 e. The first kappa shape index (κ1) is 13.4. The standard InChI is InChI=1S/C14H15Cl2NO/c1-10(16)13-12(7-15)9-17(14(13)18)8-11-5-3-2-4-6-11/h2-6,12H,7-9H2,1H3/b13-10-/t12-/m0/s1. The molecule has 0 unspecified atom stereocenters. The largest absolute Gasteiger partial charge is 0.334 e. The summed E-state index contributed by atoms with van der Waals surface area (Å²) in [5.74, 6) is 0.480. The van der Waals surface area contributed by atoms with Gasteiger partial charge in [0.05, 0.1) is 0 Å². The minimum absolute atomic E-state index is 0.0111. The lowest BCUT2D eigenvalue weighted by molar-refractivity contribution is -0.125. The average molecular weight is 284 g/mol. The number of hydrogen-bond acceptors (Lipinski definition) is 1. The Kier molecular flexibility index (Phi) is 4.31. The molecule has 0 aromatic heterocycles. The van der Waals surface area contributed by atoms with Crippen LogP contribution < -0.4 is 0 Å². The molecule has 1 heterocycles. The smallest absolute Gasteiger partial charge is 0.251 e. The second kappa shape index (κ2) is 5.77. The third kappa shape index (κ3) is 2.70. The minimum Gasteiger partial charge on any atom is -0.334 e. The fourth-order valence-electron chi connectivity index (χ4n) is 2.28. The summed E-state index contributed by atoms with van der Waals surface area (Å²) in [6, 6.07) is 9.93. The number of halogens is 2. The fourth-order valence-corrected chi connectivity index (χ4v) is 2.77. The Bertz CT molecular complexity index is 466. The van der Waals surface area contributed by atoms with Crippen LogP contribution >= 0.6 is 23.2 Å². The number of amides is 1. The first-order valence-electron chi connectivity index (χ1n) is 5.89. The first-order valence-corrected chi connectivity index (χ1v) is 6.80. The average Bonchev–Trinajstić information content (AvgIpc) is 2.67. The van der Waals surface area contributed by atoms with Crippen LogP contribution in [0.4, 0.5) is 0 Å². The molecule has 0 N–H and O–H groups in total. The summed E-state index contributed by atoms with van der Waals surface area (Å²) in [7, 11) is 0. The van der Waals surface area contributed by atoms with E-state index in [0.717, 1.165) is 5.56 Å². The predicted molar refractivity (Wildman–Crippen MR) is 74.6 cm³/mol. The number of likely N-dealkylation sites (tertiary alicyclic amines) is 1. The van der Waals surface area contributed by atoms with Crippen molar-refractivity contribution in [3.05, 3.63) is 46.5 Å². The third-order valence-electron chi connectivity index (χ3n) is 3.14. The second-order valence-electron chi connectivity index (χ2n) is 4.47. The molecule has 1 aromatic rings. The molecule has 0 aliphatic carbocycles. The zero-order chi connectivity index (χ0) is 13.1. The lowest BCUT2D eigenvalue weighted by atomic mass is 10.1. The molecule has 1 amide bonds. The van der Waals surface area contributed by atoms with Crippen molar-refractivity contribution in [3.8, 4) is 0 Å². The van der Waals surface area contributed by atoms with Gasteiger partial charge >= 0.3 is 0 Å². The maximum atomic E-state index is 12.2. The molecular weight excluding hydrogens is 269 g/mol. The molecule has 1 aliphatic heterocycles. The summed E-state index contributed by atoms with van der Waals surface area (Å²) in [5, 5.41) is 0.557. The Labute approximate surface area is 117 Å². The van der Waals surface area contributed by atoms with E-state index in [1.807, 2.05) is 35.2 Å². The Morgan fingerprint density at radius 2 is 2.06 bits per heavy atom. The Morgan fingerprint density at radius 1 is 1.39 bits per heavy atom. The fraction of sp³-hybridized carbons (Fsp3) is 0.357. The first-order chi connectivity index (χ1) is 8.63. The van der Waals surface area contributed by atoms with Gasteiger partial charge in [-0.05, 0) is 12.5 Å². The van der Waals surface area contributed by atoms with Crippen LogP contribution in [0.15, 0.2) is 40.9 Å². The highest BCUT2D eigenvalue weighted by atomic mass is 35.5. The van der Waals surface area contributed by atoms with E-state index in [1.54, 1.807) is 6.92 Å². The predicted octanol–water partition coefficient (Wildman–Crippen LogP) is 3.40. The number of nitrogens with zero attached hydrogens (tertiary/aromatic N) is 1. The summed E-state index contributed by atoms with van der Waals surface area (Å²) < 4.78 is 0. The summed E-state index contributed by atoms with van der Waals surface area (Å²) in [5.41, 5.74) is 1.79. The van der Waals surface area contributed by atoms with Crippen LogP contribution in [0.5, 0.6) is 0 Å². The maximum absolute atomic E-state index is 12.2. The van der Waals surface area contributed by atoms with Gasteiger partial charge in [0.15, 0.2) is 0 Å². The van der Waals surface area contributed by atoms with Crippen molar-refractivity contribution < 1.29 is 4.79 Å². The number of hydrogen-bond donors (Lipinski definition) is 0. The molecule has 0 saturated carbocycles. The van der Waals surface area contributed by atoms with Crippen LogP contribution in [0.3, 0.4) is 0 Å². The quantitative estimate of drug-likeness (QED) is 0.615. The van der Waals surface area contributed by atoms with E-state index in [2.05, 4.69) is 0 Å². The molecule has 18 heavy (non-hydrogen) atoms. The summed E-state index contributed by atoms with van der Waals surface area (Å²) >= 11 is 11.9. The van der Waals surface area contributed by atoms with Gasteiger partial charge in [0, 0.05) is 35.5 Å². The van der Waals surface area contributed by atoms with Gasteiger partial charge in [-0.25, -0.2) is 0 Å². The van der Waals surface area contributed by atoms with Crippen molar-refractivity contribution in [2.24, 2.45) is 5.92 Å². The van der Waals surface area contributed by atoms with Gasteiger partial charge in [0.25, 0.3) is 5.91 Å². The molecule has 1 aliphatic rings. The molecule has 4 heteroatoms. The van der Waals surface area contributed by atoms with E-state index in [1.165, 1.54) is 0 Å². The monoisotopic (exact) mass is 283 g/mol. The number of alkyl halides is 1. The lowest BCUT2D eigenvalue weighted by Gasteiger charge is -2.15. The van der Waals surface area contributed by atoms with E-state index >= 15 is 0 Å². The van der Waals surface area contributed by atoms with Crippen LogP contribution in [0.2, 0.25) is 0 Å². The summed E-state index contributed by atoms with van der Waals surface area (Å²) in [6.45, 7) is 3.01. The molecule has 0 spiro atoms. The van der Waals surface area contributed by atoms with Crippen LogP contribution in [-0.2, 0) is 11.3 Å². The number of carbonyl (C=O) groups is 1. The van der Waals surface area contributed by atoms with Gasteiger partial charge in [-0.3, -0.25) is 4.79 Å². The molecule has 96 valence electrons. The molecular formula is C14H15Cl2NO. The van der Waals surface area contributed by atoms with Crippen LogP contribution in [-0.4, -0.2) is 23.2 Å². The molecule has 2 rings (SSSR count). The van der Waals surface area contributed by atoms with Crippen molar-refractivity contribution in [3.63, 3.8) is 0 Å². The number of allylic oxidation sites excluding steroid dienone is 1. The molecule has 0 bridgehead atoms. The SMILES string of the molecule is C/C(Cl)=C1/C(=O)N(Cc2ccccc2)C[C@@H]1CCl. The van der Waals surface area contributed by atoms with Gasteiger partial charge in [-0.2, -0.15) is 0 Å². The lowest BCUT2D eigenvalue weighted by Crippen LogP contribution is -2.25. The van der Waals surface area contributed by atoms with Gasteiger partial charge in [-0.1, -0.05) is 41.9 Å². The van der Waals surface area contributed by atoms with E-state index in [4.69, 9.17) is 23.2 Å². The molecule has 1 atom stereocenters. The highest BCUT2D eigenvalue weighted by molar-refractivity contribution is 6.32. The van der Waals surface area contributed by atoms with Crippen LogP contribution in [0.25, 0.3) is 0 Å². The Balaban J connectivity index is 2.18. The zero-order valence-electron chi connectivity index (χ0n) is 10.2. The van der Waals surface area contributed by atoms with Gasteiger partial charge in [0.2, 0.25) is 0 Å². The van der Waals surface area contributed by atoms with Gasteiger partial charge in [-0.15, -0.1) is 11.6 Å². The topological polar surface area (TPSA) is 20.3 Å². The zero-order valence-corrected chi connectivity index (χ0v) is 11.7. The molecule has 0 radical (unpaired) electrons. The Morgan fingerprint density at radius 3 is 2.56 bits per heavy atom. The highest BCUT2D eigenvalue weighted by Gasteiger charge is 2.35. The number of benzene rings is 1. The van der Waals surface area contributed by atoms with Crippen molar-refractivity contribution in [2.45, 2.75) is 13.5 Å². The van der Waals surface area contributed by atoms with Crippen molar-refractivity contribution >= 4 is 29.1 Å². The summed E-state index contributed by atoms with van der Waals surface area (Å²) in [6.07, 6.45) is 0. The molecule has 1 fully saturated rings. The van der Waals surface area contributed by atoms with E-state index in [9.17, 15) is 4.79 Å². The van der Waals surface area contributed by atoms with Crippen LogP contribution in [0, 0.1) is 5.92 Å². The van der Waals surface area contributed by atoms with E-state index in [-0.39, 0.29) is 11.8 Å². The van der Waals surface area contributed by atoms with Crippen molar-refractivity contribution in [1.29, 1.82) is 0 Å². The second-order valence-corrected chi connectivity index (χ2v) is 5.35. The number of carbonyl (C=O) groups excluding carboxylic acids is 1. The van der Waals surface area contributed by atoms with Gasteiger partial charge < -0.3 is 4.90 Å². The normalized spacial score (nSPS) is 22.5. The van der Waals surface area contributed by atoms with Crippen molar-refractivity contribution in [1.82, 2.24) is 4.90 Å². The summed E-state index contributed by atoms with van der Waals surface area (Å²) in [4.78, 5) is 14.1. The van der Waals surface area contributed by atoms with Crippen molar-refractivity contribution in [2.75, 3.05) is 12.4 Å². The Hall–Kier alpha value is -0.990. The third-order valence-corrected chi connectivity index (χ3v) is 3.72. The highest BCUT2D eigenvalue weighted by Crippen LogP contribution is 2.30. The molecule has 1 saturated heterocycles. The molecule has 1 aromatic carbocycles. The van der Waals surface area contributed by atoms with Gasteiger partial charge in [0.1, 0.15) is 0 Å². The van der Waals surface area contributed by atoms with Crippen LogP contribution in [0.1, 0.15) is 12.5 Å². The number of rotatable bonds is 3.